The summed E-state index contributed by atoms with van der Waals surface area (Å²) in [5.74, 6) is 1.81. The molecule has 1 amide bonds. The van der Waals surface area contributed by atoms with Crippen molar-refractivity contribution in [3.05, 3.63) is 42.0 Å². The highest BCUT2D eigenvalue weighted by atomic mass is 32.2. The van der Waals surface area contributed by atoms with Crippen LogP contribution < -0.4 is 19.5 Å². The highest BCUT2D eigenvalue weighted by Gasteiger charge is 2.14. The Morgan fingerprint density at radius 2 is 1.78 bits per heavy atom. The SMILES string of the molecule is COc1cc(OC)c(OC)cc1CNC(=O)CSc1nc2ccccc2o1. The molecule has 3 rings (SSSR count). The molecule has 0 atom stereocenters. The Bertz CT molecular complexity index is 908. The molecule has 0 fully saturated rings. The van der Waals surface area contributed by atoms with Gasteiger partial charge < -0.3 is 23.9 Å². The number of hydrogen-bond acceptors (Lipinski definition) is 7. The minimum atomic E-state index is -0.140. The molecule has 7 nitrogen and oxygen atoms in total. The van der Waals surface area contributed by atoms with Crippen molar-refractivity contribution in [3.8, 4) is 17.2 Å². The summed E-state index contributed by atoms with van der Waals surface area (Å²) < 4.78 is 21.5. The number of thioether (sulfide) groups is 1. The van der Waals surface area contributed by atoms with Gasteiger partial charge in [-0.2, -0.15) is 0 Å². The standard InChI is InChI=1S/C19H20N2O5S/c1-23-15-9-17(25-3)16(24-2)8-12(15)10-20-18(22)11-27-19-21-13-6-4-5-7-14(13)26-19/h4-9H,10-11H2,1-3H3,(H,20,22). The molecule has 8 heteroatoms. The first-order chi connectivity index (χ1) is 13.1. The molecule has 0 aliphatic rings. The van der Waals surface area contributed by atoms with Crippen LogP contribution in [-0.4, -0.2) is 38.0 Å². The molecule has 0 spiro atoms. The van der Waals surface area contributed by atoms with E-state index in [4.69, 9.17) is 18.6 Å². The van der Waals surface area contributed by atoms with E-state index in [-0.39, 0.29) is 11.7 Å². The van der Waals surface area contributed by atoms with Crippen molar-refractivity contribution in [1.29, 1.82) is 0 Å². The van der Waals surface area contributed by atoms with Crippen molar-refractivity contribution < 1.29 is 23.4 Å². The van der Waals surface area contributed by atoms with Gasteiger partial charge in [0.1, 0.15) is 11.3 Å². The first-order valence-electron chi connectivity index (χ1n) is 8.18. The van der Waals surface area contributed by atoms with Crippen LogP contribution in [0.4, 0.5) is 0 Å². The minimum Gasteiger partial charge on any atom is -0.496 e. The molecule has 0 aliphatic heterocycles. The van der Waals surface area contributed by atoms with E-state index in [1.807, 2.05) is 24.3 Å². The normalized spacial score (nSPS) is 10.6. The molecule has 0 saturated heterocycles. The van der Waals surface area contributed by atoms with Gasteiger partial charge in [-0.25, -0.2) is 4.98 Å². The summed E-state index contributed by atoms with van der Waals surface area (Å²) in [5.41, 5.74) is 2.27. The first kappa shape index (κ1) is 18.9. The fourth-order valence-corrected chi connectivity index (χ4v) is 3.18. The summed E-state index contributed by atoms with van der Waals surface area (Å²) in [4.78, 5) is 16.5. The fraction of sp³-hybridized carbons (Fsp3) is 0.263. The molecular formula is C19H20N2O5S. The van der Waals surface area contributed by atoms with Gasteiger partial charge in [0, 0.05) is 18.2 Å². The lowest BCUT2D eigenvalue weighted by Crippen LogP contribution is -2.24. The Kier molecular flexibility index (Phi) is 6.08. The van der Waals surface area contributed by atoms with Gasteiger partial charge in [0.2, 0.25) is 5.91 Å². The van der Waals surface area contributed by atoms with Crippen LogP contribution in [0.15, 0.2) is 46.0 Å². The van der Waals surface area contributed by atoms with Crippen LogP contribution in [0, 0.1) is 0 Å². The molecule has 0 saturated carbocycles. The maximum absolute atomic E-state index is 12.2. The fourth-order valence-electron chi connectivity index (χ4n) is 2.52. The van der Waals surface area contributed by atoms with Crippen LogP contribution in [0.2, 0.25) is 0 Å². The second kappa shape index (κ2) is 8.68. The molecule has 2 aromatic carbocycles. The van der Waals surface area contributed by atoms with E-state index < -0.39 is 0 Å². The van der Waals surface area contributed by atoms with Gasteiger partial charge in [-0.05, 0) is 18.2 Å². The summed E-state index contributed by atoms with van der Waals surface area (Å²) in [6, 6.07) is 11.0. The Balaban J connectivity index is 1.60. The van der Waals surface area contributed by atoms with E-state index in [9.17, 15) is 4.79 Å². The lowest BCUT2D eigenvalue weighted by Gasteiger charge is -2.14. The molecule has 27 heavy (non-hydrogen) atoms. The van der Waals surface area contributed by atoms with E-state index in [0.29, 0.717) is 34.6 Å². The number of methoxy groups -OCH3 is 3. The van der Waals surface area contributed by atoms with Gasteiger partial charge in [-0.3, -0.25) is 4.79 Å². The highest BCUT2D eigenvalue weighted by Crippen LogP contribution is 2.34. The third kappa shape index (κ3) is 4.46. The van der Waals surface area contributed by atoms with E-state index in [1.54, 1.807) is 33.5 Å². The molecule has 3 aromatic rings. The summed E-state index contributed by atoms with van der Waals surface area (Å²) in [5, 5.41) is 3.33. The van der Waals surface area contributed by atoms with E-state index in [1.165, 1.54) is 11.8 Å². The zero-order chi connectivity index (χ0) is 19.2. The van der Waals surface area contributed by atoms with Crippen LogP contribution in [0.1, 0.15) is 5.56 Å². The Morgan fingerprint density at radius 1 is 1.07 bits per heavy atom. The lowest BCUT2D eigenvalue weighted by molar-refractivity contribution is -0.118. The van der Waals surface area contributed by atoms with Crippen LogP contribution in [0.3, 0.4) is 0 Å². The van der Waals surface area contributed by atoms with Crippen LogP contribution in [0.5, 0.6) is 17.2 Å². The highest BCUT2D eigenvalue weighted by molar-refractivity contribution is 7.99. The largest absolute Gasteiger partial charge is 0.496 e. The third-order valence-electron chi connectivity index (χ3n) is 3.86. The minimum absolute atomic E-state index is 0.140. The Labute approximate surface area is 161 Å². The average molecular weight is 388 g/mol. The quantitative estimate of drug-likeness (QED) is 0.593. The molecule has 0 aliphatic carbocycles. The first-order valence-corrected chi connectivity index (χ1v) is 9.17. The van der Waals surface area contributed by atoms with Gasteiger partial charge in [-0.1, -0.05) is 23.9 Å². The second-order valence-corrected chi connectivity index (χ2v) is 6.46. The lowest BCUT2D eigenvalue weighted by atomic mass is 10.1. The number of amides is 1. The van der Waals surface area contributed by atoms with Crippen molar-refractivity contribution in [3.63, 3.8) is 0 Å². The number of hydrogen-bond donors (Lipinski definition) is 1. The monoisotopic (exact) mass is 388 g/mol. The predicted molar refractivity (Wildman–Crippen MR) is 103 cm³/mol. The molecular weight excluding hydrogens is 368 g/mol. The summed E-state index contributed by atoms with van der Waals surface area (Å²) in [7, 11) is 4.68. The van der Waals surface area contributed by atoms with Crippen molar-refractivity contribution in [2.75, 3.05) is 27.1 Å². The topological polar surface area (TPSA) is 82.8 Å². The van der Waals surface area contributed by atoms with Crippen molar-refractivity contribution in [2.24, 2.45) is 0 Å². The van der Waals surface area contributed by atoms with E-state index in [2.05, 4.69) is 10.3 Å². The van der Waals surface area contributed by atoms with Crippen molar-refractivity contribution in [1.82, 2.24) is 10.3 Å². The number of para-hydroxylation sites is 2. The maximum atomic E-state index is 12.2. The summed E-state index contributed by atoms with van der Waals surface area (Å²) >= 11 is 1.25. The number of carbonyl (C=O) groups excluding carboxylic acids is 1. The number of fused-ring (bicyclic) bond motifs is 1. The number of nitrogens with zero attached hydrogens (tertiary/aromatic N) is 1. The maximum Gasteiger partial charge on any atom is 0.257 e. The number of ether oxygens (including phenoxy) is 3. The second-order valence-electron chi connectivity index (χ2n) is 5.53. The Morgan fingerprint density at radius 3 is 2.48 bits per heavy atom. The van der Waals surface area contributed by atoms with Crippen LogP contribution >= 0.6 is 11.8 Å². The summed E-state index contributed by atoms with van der Waals surface area (Å²) in [6.07, 6.45) is 0. The third-order valence-corrected chi connectivity index (χ3v) is 4.69. The van der Waals surface area contributed by atoms with Gasteiger partial charge in [0.25, 0.3) is 5.22 Å². The van der Waals surface area contributed by atoms with Crippen molar-refractivity contribution >= 4 is 28.8 Å². The van der Waals surface area contributed by atoms with Gasteiger partial charge in [-0.15, -0.1) is 0 Å². The zero-order valence-electron chi connectivity index (χ0n) is 15.3. The number of oxazole rings is 1. The smallest absolute Gasteiger partial charge is 0.257 e. The van der Waals surface area contributed by atoms with Gasteiger partial charge in [0.05, 0.1) is 27.1 Å². The number of benzene rings is 2. The number of aromatic nitrogens is 1. The average Bonchev–Trinajstić information content (AvgIpc) is 3.12. The molecule has 1 aromatic heterocycles. The number of nitrogens with one attached hydrogen (secondary N) is 1. The molecule has 0 bridgehead atoms. The number of rotatable bonds is 8. The predicted octanol–water partition coefficient (Wildman–Crippen LogP) is 3.26. The zero-order valence-corrected chi connectivity index (χ0v) is 16.1. The van der Waals surface area contributed by atoms with Crippen LogP contribution in [-0.2, 0) is 11.3 Å². The summed E-state index contributed by atoms with van der Waals surface area (Å²) in [6.45, 7) is 0.302. The van der Waals surface area contributed by atoms with E-state index in [0.717, 1.165) is 11.1 Å². The Hall–Kier alpha value is -2.87. The molecule has 1 N–H and O–H groups in total. The molecule has 1 heterocycles. The van der Waals surface area contributed by atoms with Gasteiger partial charge in [0.15, 0.2) is 17.1 Å². The number of carbonyl (C=O) groups is 1. The van der Waals surface area contributed by atoms with Gasteiger partial charge >= 0.3 is 0 Å². The van der Waals surface area contributed by atoms with E-state index >= 15 is 0 Å². The molecule has 0 unspecified atom stereocenters. The van der Waals surface area contributed by atoms with Crippen LogP contribution in [0.25, 0.3) is 11.1 Å². The van der Waals surface area contributed by atoms with Crippen molar-refractivity contribution in [2.45, 2.75) is 11.8 Å². The molecule has 142 valence electrons. The molecule has 0 radical (unpaired) electrons.